The van der Waals surface area contributed by atoms with Crippen molar-refractivity contribution in [2.75, 3.05) is 20.8 Å². The summed E-state index contributed by atoms with van der Waals surface area (Å²) < 4.78 is 13.0. The normalized spacial score (nSPS) is 12.0. The van der Waals surface area contributed by atoms with Gasteiger partial charge in [0.2, 0.25) is 5.91 Å². The van der Waals surface area contributed by atoms with Gasteiger partial charge < -0.3 is 19.4 Å². The SMILES string of the molecule is CCC(C)Cn1c(CCCCCNC(=O)Cc2ccc(OC)c(OC)c2)nc2ccccc21. The summed E-state index contributed by atoms with van der Waals surface area (Å²) in [5.41, 5.74) is 3.22. The van der Waals surface area contributed by atoms with Crippen LogP contribution in [0.3, 0.4) is 0 Å². The van der Waals surface area contributed by atoms with E-state index in [2.05, 4.69) is 48.0 Å². The van der Waals surface area contributed by atoms with E-state index < -0.39 is 0 Å². The number of amides is 1. The first kappa shape index (κ1) is 24.6. The number of hydrogen-bond acceptors (Lipinski definition) is 4. The smallest absolute Gasteiger partial charge is 0.224 e. The summed E-state index contributed by atoms with van der Waals surface area (Å²) in [6, 6.07) is 14.0. The molecule has 33 heavy (non-hydrogen) atoms. The number of carbonyl (C=O) groups is 1. The summed E-state index contributed by atoms with van der Waals surface area (Å²) in [6.45, 7) is 6.24. The zero-order valence-corrected chi connectivity index (χ0v) is 20.4. The number of rotatable bonds is 13. The third kappa shape index (κ3) is 6.73. The van der Waals surface area contributed by atoms with E-state index in [1.54, 1.807) is 14.2 Å². The van der Waals surface area contributed by atoms with Crippen molar-refractivity contribution in [3.8, 4) is 11.5 Å². The van der Waals surface area contributed by atoms with Gasteiger partial charge in [-0.2, -0.15) is 0 Å². The summed E-state index contributed by atoms with van der Waals surface area (Å²) in [6.07, 6.45) is 5.54. The van der Waals surface area contributed by atoms with Crippen LogP contribution in [0.2, 0.25) is 0 Å². The molecule has 1 N–H and O–H groups in total. The number of aryl methyl sites for hydroxylation is 1. The number of fused-ring (bicyclic) bond motifs is 1. The molecule has 0 aliphatic heterocycles. The fourth-order valence-electron chi connectivity index (χ4n) is 4.01. The van der Waals surface area contributed by atoms with Crippen LogP contribution in [0.1, 0.15) is 50.9 Å². The molecule has 178 valence electrons. The van der Waals surface area contributed by atoms with Gasteiger partial charge in [-0.3, -0.25) is 4.79 Å². The van der Waals surface area contributed by atoms with E-state index in [-0.39, 0.29) is 5.91 Å². The van der Waals surface area contributed by atoms with Crippen LogP contribution in [0.4, 0.5) is 0 Å². The summed E-state index contributed by atoms with van der Waals surface area (Å²) in [7, 11) is 3.20. The first-order chi connectivity index (χ1) is 16.0. The minimum absolute atomic E-state index is 0.0255. The summed E-state index contributed by atoms with van der Waals surface area (Å²) >= 11 is 0. The number of imidazole rings is 1. The molecule has 6 heteroatoms. The lowest BCUT2D eigenvalue weighted by Gasteiger charge is -2.14. The van der Waals surface area contributed by atoms with Crippen LogP contribution in [-0.2, 0) is 24.2 Å². The molecule has 1 heterocycles. The lowest BCUT2D eigenvalue weighted by Crippen LogP contribution is -2.26. The second-order valence-corrected chi connectivity index (χ2v) is 8.67. The molecule has 1 atom stereocenters. The first-order valence-electron chi connectivity index (χ1n) is 12.0. The number of aromatic nitrogens is 2. The maximum atomic E-state index is 12.3. The highest BCUT2D eigenvalue weighted by atomic mass is 16.5. The number of nitrogens with zero attached hydrogens (tertiary/aromatic N) is 2. The first-order valence-corrected chi connectivity index (χ1v) is 12.0. The second-order valence-electron chi connectivity index (χ2n) is 8.67. The van der Waals surface area contributed by atoms with Gasteiger partial charge in [0.25, 0.3) is 0 Å². The zero-order chi connectivity index (χ0) is 23.6. The van der Waals surface area contributed by atoms with Gasteiger partial charge >= 0.3 is 0 Å². The van der Waals surface area contributed by atoms with Crippen LogP contribution in [0.25, 0.3) is 11.0 Å². The molecule has 3 aromatic rings. The average Bonchev–Trinajstić information content (AvgIpc) is 3.18. The van der Waals surface area contributed by atoms with Crippen LogP contribution in [-0.4, -0.2) is 36.2 Å². The summed E-state index contributed by atoms with van der Waals surface area (Å²) in [5.74, 6) is 3.13. The molecule has 0 radical (unpaired) electrons. The van der Waals surface area contributed by atoms with Gasteiger partial charge in [-0.05, 0) is 48.6 Å². The molecule has 0 spiro atoms. The minimum Gasteiger partial charge on any atom is -0.493 e. The van der Waals surface area contributed by atoms with E-state index in [4.69, 9.17) is 14.5 Å². The molecule has 0 bridgehead atoms. The monoisotopic (exact) mass is 451 g/mol. The predicted molar refractivity (Wildman–Crippen MR) is 133 cm³/mol. The topological polar surface area (TPSA) is 65.4 Å². The van der Waals surface area contributed by atoms with E-state index in [1.807, 2.05) is 18.2 Å². The lowest BCUT2D eigenvalue weighted by molar-refractivity contribution is -0.120. The Morgan fingerprint density at radius 1 is 1.06 bits per heavy atom. The van der Waals surface area contributed by atoms with E-state index in [9.17, 15) is 4.79 Å². The van der Waals surface area contributed by atoms with Crippen molar-refractivity contribution in [2.24, 2.45) is 5.92 Å². The van der Waals surface area contributed by atoms with Gasteiger partial charge in [-0.15, -0.1) is 0 Å². The van der Waals surface area contributed by atoms with E-state index in [0.717, 1.165) is 49.7 Å². The number of carbonyl (C=O) groups excluding carboxylic acids is 1. The molecule has 1 unspecified atom stereocenters. The van der Waals surface area contributed by atoms with E-state index >= 15 is 0 Å². The molecule has 0 aliphatic carbocycles. The molecule has 0 saturated heterocycles. The summed E-state index contributed by atoms with van der Waals surface area (Å²) in [4.78, 5) is 17.2. The number of para-hydroxylation sites is 2. The average molecular weight is 452 g/mol. The number of methoxy groups -OCH3 is 2. The Labute approximate surface area is 197 Å². The summed E-state index contributed by atoms with van der Waals surface area (Å²) in [5, 5.41) is 3.03. The maximum absolute atomic E-state index is 12.3. The largest absolute Gasteiger partial charge is 0.493 e. The molecule has 1 amide bonds. The molecule has 3 rings (SSSR count). The van der Waals surface area contributed by atoms with Gasteiger partial charge in [0.1, 0.15) is 5.82 Å². The third-order valence-corrected chi connectivity index (χ3v) is 6.14. The predicted octanol–water partition coefficient (Wildman–Crippen LogP) is 5.17. The second kappa shape index (κ2) is 12.3. The van der Waals surface area contributed by atoms with Gasteiger partial charge in [0, 0.05) is 19.5 Å². The fraction of sp³-hybridized carbons (Fsp3) is 0.481. The van der Waals surface area contributed by atoms with Crippen LogP contribution in [0, 0.1) is 5.92 Å². The fourth-order valence-corrected chi connectivity index (χ4v) is 4.01. The van der Waals surface area contributed by atoms with Crippen molar-refractivity contribution in [1.82, 2.24) is 14.9 Å². The Bertz CT molecular complexity index is 1040. The highest BCUT2D eigenvalue weighted by Crippen LogP contribution is 2.27. The number of ether oxygens (including phenoxy) is 2. The maximum Gasteiger partial charge on any atom is 0.224 e. The Kier molecular flexibility index (Phi) is 9.16. The quantitative estimate of drug-likeness (QED) is 0.364. The molecule has 1 aromatic heterocycles. The van der Waals surface area contributed by atoms with Crippen molar-refractivity contribution in [2.45, 2.75) is 58.9 Å². The highest BCUT2D eigenvalue weighted by Gasteiger charge is 2.12. The Morgan fingerprint density at radius 2 is 1.85 bits per heavy atom. The number of hydrogen-bond donors (Lipinski definition) is 1. The molecular formula is C27H37N3O3. The van der Waals surface area contributed by atoms with E-state index in [1.165, 1.54) is 11.3 Å². The molecule has 2 aromatic carbocycles. The molecular weight excluding hydrogens is 414 g/mol. The van der Waals surface area contributed by atoms with Crippen molar-refractivity contribution in [3.63, 3.8) is 0 Å². The van der Waals surface area contributed by atoms with Crippen LogP contribution in [0.5, 0.6) is 11.5 Å². The lowest BCUT2D eigenvalue weighted by atomic mass is 10.1. The molecule has 0 fully saturated rings. The van der Waals surface area contributed by atoms with Crippen LogP contribution in [0.15, 0.2) is 42.5 Å². The van der Waals surface area contributed by atoms with Gasteiger partial charge in [-0.25, -0.2) is 4.98 Å². The third-order valence-electron chi connectivity index (χ3n) is 6.14. The molecule has 0 saturated carbocycles. The number of nitrogens with one attached hydrogen (secondary N) is 1. The van der Waals surface area contributed by atoms with Crippen molar-refractivity contribution in [3.05, 3.63) is 53.9 Å². The zero-order valence-electron chi connectivity index (χ0n) is 20.4. The van der Waals surface area contributed by atoms with Crippen LogP contribution < -0.4 is 14.8 Å². The molecule has 0 aliphatic rings. The highest BCUT2D eigenvalue weighted by molar-refractivity contribution is 5.78. The Morgan fingerprint density at radius 3 is 2.61 bits per heavy atom. The van der Waals surface area contributed by atoms with Crippen molar-refractivity contribution < 1.29 is 14.3 Å². The Hall–Kier alpha value is -3.02. The van der Waals surface area contributed by atoms with Gasteiger partial charge in [-0.1, -0.05) is 44.9 Å². The molecule has 6 nitrogen and oxygen atoms in total. The van der Waals surface area contributed by atoms with E-state index in [0.29, 0.717) is 30.4 Å². The minimum atomic E-state index is 0.0255. The van der Waals surface area contributed by atoms with Crippen molar-refractivity contribution >= 4 is 16.9 Å². The van der Waals surface area contributed by atoms with Gasteiger partial charge in [0.05, 0.1) is 31.7 Å². The standard InChI is InChI=1S/C27H37N3O3/c1-5-20(2)19-30-23-12-9-8-11-22(23)29-26(30)13-7-6-10-16-28-27(31)18-21-14-15-24(32-3)25(17-21)33-4/h8-9,11-12,14-15,17,20H,5-7,10,13,16,18-19H2,1-4H3,(H,28,31). The Balaban J connectivity index is 1.43. The number of unbranched alkanes of at least 4 members (excludes halogenated alkanes) is 2. The van der Waals surface area contributed by atoms with Gasteiger partial charge in [0.15, 0.2) is 11.5 Å². The van der Waals surface area contributed by atoms with Crippen LogP contribution >= 0.6 is 0 Å². The van der Waals surface area contributed by atoms with Crippen molar-refractivity contribution in [1.29, 1.82) is 0 Å². The number of benzene rings is 2.